The van der Waals surface area contributed by atoms with Crippen LogP contribution in [0.3, 0.4) is 0 Å². The number of para-hydroxylation sites is 1. The molecular weight excluding hydrogens is 291 g/mol. The Bertz CT molecular complexity index is 616. The molecule has 0 aliphatic carbocycles. The van der Waals surface area contributed by atoms with Gasteiger partial charge in [0.25, 0.3) is 5.91 Å². The second-order valence-corrected chi connectivity index (χ2v) is 5.24. The molecule has 0 unspecified atom stereocenters. The average molecular weight is 308 g/mol. The lowest BCUT2D eigenvalue weighted by atomic mass is 10.1. The third-order valence-electron chi connectivity index (χ3n) is 3.20. The summed E-state index contributed by atoms with van der Waals surface area (Å²) < 4.78 is 13.4. The Hall–Kier alpha value is -1.91. The van der Waals surface area contributed by atoms with E-state index in [9.17, 15) is 9.18 Å². The van der Waals surface area contributed by atoms with Gasteiger partial charge in [-0.2, -0.15) is 0 Å². The number of halogens is 2. The van der Waals surface area contributed by atoms with Gasteiger partial charge in [0.2, 0.25) is 0 Å². The van der Waals surface area contributed by atoms with E-state index in [0.717, 1.165) is 5.56 Å². The van der Waals surface area contributed by atoms with Gasteiger partial charge in [0.1, 0.15) is 11.9 Å². The van der Waals surface area contributed by atoms with Crippen LogP contribution in [0, 0.1) is 5.82 Å². The lowest BCUT2D eigenvalue weighted by molar-refractivity contribution is -0.682. The molecule has 1 atom stereocenters. The standard InChI is InChI=1S/C16H16ClFN2O/c1-11(12-6-8-13(17)9-7-12)19-10-16(21)20-15-5-3-2-4-14(15)18/h2-9,11,19H,10H2,1H3,(H,20,21)/p+1/t11-/m0/s1. The number of hydrogen-bond donors (Lipinski definition) is 2. The van der Waals surface area contributed by atoms with E-state index in [2.05, 4.69) is 5.32 Å². The highest BCUT2D eigenvalue weighted by Gasteiger charge is 2.12. The molecule has 1 amide bonds. The molecular formula is C16H17ClFN2O+. The number of hydrogen-bond acceptors (Lipinski definition) is 1. The van der Waals surface area contributed by atoms with Crippen LogP contribution in [0.25, 0.3) is 0 Å². The summed E-state index contributed by atoms with van der Waals surface area (Å²) in [7, 11) is 0. The number of carbonyl (C=O) groups excluding carboxylic acids is 1. The maximum absolute atomic E-state index is 13.4. The van der Waals surface area contributed by atoms with Crippen LogP contribution in [0.2, 0.25) is 5.02 Å². The van der Waals surface area contributed by atoms with Gasteiger partial charge in [-0.15, -0.1) is 0 Å². The number of amides is 1. The number of quaternary nitrogens is 1. The molecule has 3 N–H and O–H groups in total. The van der Waals surface area contributed by atoms with Crippen LogP contribution in [0.15, 0.2) is 48.5 Å². The summed E-state index contributed by atoms with van der Waals surface area (Å²) in [4.78, 5) is 11.8. The maximum atomic E-state index is 13.4. The number of nitrogens with one attached hydrogen (secondary N) is 1. The number of benzene rings is 2. The fraction of sp³-hybridized carbons (Fsp3) is 0.188. The van der Waals surface area contributed by atoms with Crippen molar-refractivity contribution in [3.8, 4) is 0 Å². The first-order valence-corrected chi connectivity index (χ1v) is 7.07. The van der Waals surface area contributed by atoms with Gasteiger partial charge in [0.15, 0.2) is 6.54 Å². The summed E-state index contributed by atoms with van der Waals surface area (Å²) in [5.74, 6) is -0.669. The first kappa shape index (κ1) is 15.5. The van der Waals surface area contributed by atoms with Gasteiger partial charge in [-0.05, 0) is 31.2 Å². The molecule has 3 nitrogen and oxygen atoms in total. The average Bonchev–Trinajstić information content (AvgIpc) is 2.48. The molecule has 2 aromatic rings. The summed E-state index contributed by atoms with van der Waals surface area (Å²) >= 11 is 5.84. The molecule has 5 heteroatoms. The number of anilines is 1. The van der Waals surface area contributed by atoms with Gasteiger partial charge in [-0.1, -0.05) is 35.9 Å². The third kappa shape index (κ3) is 4.55. The van der Waals surface area contributed by atoms with Gasteiger partial charge in [-0.3, -0.25) is 4.79 Å². The topological polar surface area (TPSA) is 45.7 Å². The second-order valence-electron chi connectivity index (χ2n) is 4.81. The van der Waals surface area contributed by atoms with E-state index in [0.29, 0.717) is 5.02 Å². The van der Waals surface area contributed by atoms with Crippen molar-refractivity contribution in [2.75, 3.05) is 11.9 Å². The van der Waals surface area contributed by atoms with Crippen LogP contribution >= 0.6 is 11.6 Å². The SMILES string of the molecule is C[C@H]([NH2+]CC(=O)Nc1ccccc1F)c1ccc(Cl)cc1. The van der Waals surface area contributed by atoms with Gasteiger partial charge < -0.3 is 10.6 Å². The number of carbonyl (C=O) groups is 1. The Balaban J connectivity index is 1.86. The molecule has 21 heavy (non-hydrogen) atoms. The zero-order valence-electron chi connectivity index (χ0n) is 11.6. The van der Waals surface area contributed by atoms with E-state index in [1.165, 1.54) is 12.1 Å². The van der Waals surface area contributed by atoms with Crippen LogP contribution in [-0.4, -0.2) is 12.5 Å². The summed E-state index contributed by atoms with van der Waals surface area (Å²) in [6.45, 7) is 2.22. The fourth-order valence-electron chi connectivity index (χ4n) is 1.95. The first-order chi connectivity index (χ1) is 10.1. The zero-order valence-corrected chi connectivity index (χ0v) is 12.4. The summed E-state index contributed by atoms with van der Waals surface area (Å²) in [5.41, 5.74) is 1.29. The van der Waals surface area contributed by atoms with Gasteiger partial charge in [-0.25, -0.2) is 4.39 Å². The van der Waals surface area contributed by atoms with Crippen molar-refractivity contribution in [1.29, 1.82) is 0 Å². The maximum Gasteiger partial charge on any atom is 0.279 e. The fourth-order valence-corrected chi connectivity index (χ4v) is 2.08. The predicted octanol–water partition coefficient (Wildman–Crippen LogP) is 2.74. The summed E-state index contributed by atoms with van der Waals surface area (Å²) in [6, 6.07) is 13.7. The molecule has 0 saturated carbocycles. The smallest absolute Gasteiger partial charge is 0.279 e. The van der Waals surface area contributed by atoms with Crippen LogP contribution in [0.4, 0.5) is 10.1 Å². The second kappa shape index (κ2) is 7.20. The minimum atomic E-state index is -0.434. The predicted molar refractivity (Wildman–Crippen MR) is 81.7 cm³/mol. The molecule has 0 heterocycles. The number of nitrogens with two attached hydrogens (primary N) is 1. The molecule has 110 valence electrons. The van der Waals surface area contributed by atoms with Crippen LogP contribution in [-0.2, 0) is 4.79 Å². The molecule has 0 aromatic heterocycles. The van der Waals surface area contributed by atoms with E-state index in [1.54, 1.807) is 12.1 Å². The van der Waals surface area contributed by atoms with Gasteiger partial charge in [0, 0.05) is 10.6 Å². The van der Waals surface area contributed by atoms with Crippen molar-refractivity contribution in [2.45, 2.75) is 13.0 Å². The van der Waals surface area contributed by atoms with E-state index in [1.807, 2.05) is 36.5 Å². The lowest BCUT2D eigenvalue weighted by Gasteiger charge is -2.11. The molecule has 0 aliphatic heterocycles. The summed E-state index contributed by atoms with van der Waals surface area (Å²) in [5, 5.41) is 5.13. The molecule has 0 aliphatic rings. The minimum absolute atomic E-state index is 0.119. The molecule has 0 saturated heterocycles. The van der Waals surface area contributed by atoms with Crippen molar-refractivity contribution in [3.63, 3.8) is 0 Å². The highest BCUT2D eigenvalue weighted by atomic mass is 35.5. The van der Waals surface area contributed by atoms with Crippen LogP contribution in [0.5, 0.6) is 0 Å². The Morgan fingerprint density at radius 1 is 1.24 bits per heavy atom. The molecule has 2 aromatic carbocycles. The monoisotopic (exact) mass is 307 g/mol. The van der Waals surface area contributed by atoms with E-state index >= 15 is 0 Å². The van der Waals surface area contributed by atoms with Crippen molar-refractivity contribution < 1.29 is 14.5 Å². The third-order valence-corrected chi connectivity index (χ3v) is 3.45. The Labute approximate surface area is 128 Å². The Kier molecular flexibility index (Phi) is 5.31. The molecule has 0 fully saturated rings. The highest BCUT2D eigenvalue weighted by molar-refractivity contribution is 6.30. The largest absolute Gasteiger partial charge is 0.333 e. The number of rotatable bonds is 5. The Morgan fingerprint density at radius 2 is 1.90 bits per heavy atom. The first-order valence-electron chi connectivity index (χ1n) is 6.69. The highest BCUT2D eigenvalue weighted by Crippen LogP contribution is 2.14. The van der Waals surface area contributed by atoms with E-state index in [-0.39, 0.29) is 24.2 Å². The van der Waals surface area contributed by atoms with Gasteiger partial charge >= 0.3 is 0 Å². The minimum Gasteiger partial charge on any atom is -0.333 e. The molecule has 2 rings (SSSR count). The van der Waals surface area contributed by atoms with Crippen molar-refractivity contribution in [3.05, 3.63) is 64.9 Å². The lowest BCUT2D eigenvalue weighted by Crippen LogP contribution is -2.86. The van der Waals surface area contributed by atoms with Crippen molar-refractivity contribution in [2.24, 2.45) is 0 Å². The quantitative estimate of drug-likeness (QED) is 0.876. The van der Waals surface area contributed by atoms with Crippen molar-refractivity contribution >= 4 is 23.2 Å². The Morgan fingerprint density at radius 3 is 2.57 bits per heavy atom. The zero-order chi connectivity index (χ0) is 15.2. The van der Waals surface area contributed by atoms with Crippen LogP contribution < -0.4 is 10.6 Å². The van der Waals surface area contributed by atoms with E-state index < -0.39 is 5.82 Å². The van der Waals surface area contributed by atoms with Gasteiger partial charge in [0.05, 0.1) is 5.69 Å². The normalized spacial score (nSPS) is 12.0. The molecule has 0 spiro atoms. The van der Waals surface area contributed by atoms with Crippen molar-refractivity contribution in [1.82, 2.24) is 0 Å². The molecule has 0 bridgehead atoms. The van der Waals surface area contributed by atoms with Crippen LogP contribution in [0.1, 0.15) is 18.5 Å². The molecule has 0 radical (unpaired) electrons. The van der Waals surface area contributed by atoms with E-state index in [4.69, 9.17) is 11.6 Å². The summed E-state index contributed by atoms with van der Waals surface area (Å²) in [6.07, 6.45) is 0.